The molecule has 1 aliphatic heterocycles. The number of carbonyl (C=O) groups is 2. The standard InChI is InChI=1S/C41H55F3N6O8S/c1-39(2)37(52)50(34-5-4-32(26-45)35(21-34)41(42,43)44)38(59)49(39)7-3-6-48-27-33(46-47-48)28-57-15-14-55-11-10-53-8-9-54-12-13-56-16-17-58-36(51)25-40-22-29-18-30(23-40)20-31(19-29)24-40/h4-5,21,27,29-31H,3,6-20,22-25,28H2,1-2H3. The van der Waals surface area contributed by atoms with Gasteiger partial charge in [-0.05, 0) is 112 Å². The smallest absolute Gasteiger partial charge is 0.417 e. The Kier molecular flexibility index (Phi) is 15.4. The number of aromatic nitrogens is 3. The van der Waals surface area contributed by atoms with Crippen molar-refractivity contribution in [1.29, 1.82) is 5.26 Å². The van der Waals surface area contributed by atoms with E-state index in [-0.39, 0.29) is 35.4 Å². The van der Waals surface area contributed by atoms with Gasteiger partial charge in [0, 0.05) is 13.1 Å². The molecule has 5 fully saturated rings. The first kappa shape index (κ1) is 44.8. The topological polar surface area (TPSA) is 150 Å². The van der Waals surface area contributed by atoms with Crippen LogP contribution in [0.15, 0.2) is 24.4 Å². The van der Waals surface area contributed by atoms with Crippen LogP contribution in [0.25, 0.3) is 0 Å². The van der Waals surface area contributed by atoms with E-state index in [4.69, 9.17) is 45.9 Å². The Hall–Kier alpha value is -3.73. The molecule has 4 aliphatic carbocycles. The fourth-order valence-corrected chi connectivity index (χ4v) is 9.99. The molecule has 7 rings (SSSR count). The van der Waals surface area contributed by atoms with Crippen LogP contribution in [0.3, 0.4) is 0 Å². The minimum absolute atomic E-state index is 0.0459. The number of nitrogens with zero attached hydrogens (tertiary/aromatic N) is 6. The van der Waals surface area contributed by atoms with Crippen molar-refractivity contribution in [2.75, 3.05) is 77.5 Å². The van der Waals surface area contributed by atoms with Crippen LogP contribution in [0.1, 0.15) is 82.0 Å². The molecular weight excluding hydrogens is 794 g/mol. The molecule has 14 nitrogen and oxygen atoms in total. The van der Waals surface area contributed by atoms with Crippen molar-refractivity contribution < 1.29 is 51.2 Å². The summed E-state index contributed by atoms with van der Waals surface area (Å²) in [7, 11) is 0. The summed E-state index contributed by atoms with van der Waals surface area (Å²) < 4.78 is 75.7. The molecule has 1 aromatic carbocycles. The molecular formula is C41H55F3N6O8S. The fourth-order valence-electron chi connectivity index (χ4n) is 9.48. The van der Waals surface area contributed by atoms with E-state index < -0.39 is 28.7 Å². The Morgan fingerprint density at radius 1 is 0.881 bits per heavy atom. The summed E-state index contributed by atoms with van der Waals surface area (Å²) in [5.41, 5.74) is -1.98. The summed E-state index contributed by atoms with van der Waals surface area (Å²) >= 11 is 5.56. The van der Waals surface area contributed by atoms with Gasteiger partial charge in [-0.1, -0.05) is 5.21 Å². The Bertz CT molecular complexity index is 1770. The van der Waals surface area contributed by atoms with Gasteiger partial charge in [0.1, 0.15) is 17.8 Å². The molecule has 0 spiro atoms. The molecule has 0 unspecified atom stereocenters. The number of halogens is 3. The number of hydrogen-bond donors (Lipinski definition) is 0. The van der Waals surface area contributed by atoms with Crippen molar-refractivity contribution >= 4 is 34.9 Å². The van der Waals surface area contributed by atoms with E-state index in [1.807, 2.05) is 0 Å². The molecule has 1 saturated heterocycles. The monoisotopic (exact) mass is 848 g/mol. The van der Waals surface area contributed by atoms with Crippen LogP contribution < -0.4 is 4.90 Å². The van der Waals surface area contributed by atoms with Crippen molar-refractivity contribution in [2.24, 2.45) is 23.2 Å². The van der Waals surface area contributed by atoms with Gasteiger partial charge in [-0.15, -0.1) is 5.10 Å². The number of amides is 1. The lowest BCUT2D eigenvalue weighted by molar-refractivity contribution is -0.153. The van der Waals surface area contributed by atoms with Gasteiger partial charge in [0.15, 0.2) is 5.11 Å². The molecule has 324 valence electrons. The van der Waals surface area contributed by atoms with Crippen molar-refractivity contribution in [3.8, 4) is 6.07 Å². The number of ether oxygens (including phenoxy) is 6. The Balaban J connectivity index is 0.742. The molecule has 0 N–H and O–H groups in total. The van der Waals surface area contributed by atoms with Gasteiger partial charge in [-0.25, -0.2) is 0 Å². The zero-order valence-electron chi connectivity index (χ0n) is 33.9. The van der Waals surface area contributed by atoms with Gasteiger partial charge in [0.2, 0.25) is 0 Å². The van der Waals surface area contributed by atoms with Gasteiger partial charge < -0.3 is 33.3 Å². The van der Waals surface area contributed by atoms with Crippen LogP contribution in [0.4, 0.5) is 18.9 Å². The molecule has 2 aromatic rings. The van der Waals surface area contributed by atoms with Crippen LogP contribution in [-0.4, -0.2) is 115 Å². The van der Waals surface area contributed by atoms with Crippen molar-refractivity contribution in [3.05, 3.63) is 41.2 Å². The number of esters is 1. The van der Waals surface area contributed by atoms with Crippen LogP contribution in [0.5, 0.6) is 0 Å². The number of hydrogen-bond acceptors (Lipinski definition) is 12. The van der Waals surface area contributed by atoms with E-state index >= 15 is 0 Å². The summed E-state index contributed by atoms with van der Waals surface area (Å²) in [6.07, 6.45) is 5.79. The Morgan fingerprint density at radius 2 is 1.44 bits per heavy atom. The Labute approximate surface area is 348 Å². The summed E-state index contributed by atoms with van der Waals surface area (Å²) in [6.45, 7) is 8.28. The SMILES string of the molecule is CC1(C)C(=O)N(c2ccc(C#N)c(C(F)(F)F)c2)C(=S)N1CCCn1cc(COCCOCCOCCOCCOCCOC(=O)CC23CC4CC(CC(C4)C2)C3)nn1. The quantitative estimate of drug-likeness (QED) is 0.0723. The molecule has 5 aliphatic rings. The highest BCUT2D eigenvalue weighted by atomic mass is 32.1. The normalized spacial score (nSPS) is 23.4. The third-order valence-corrected chi connectivity index (χ3v) is 12.2. The largest absolute Gasteiger partial charge is 0.463 e. The van der Waals surface area contributed by atoms with Crippen LogP contribution in [0, 0.1) is 34.5 Å². The van der Waals surface area contributed by atoms with Gasteiger partial charge in [0.25, 0.3) is 5.91 Å². The average molecular weight is 849 g/mol. The molecule has 1 amide bonds. The molecule has 0 radical (unpaired) electrons. The summed E-state index contributed by atoms with van der Waals surface area (Å²) in [5, 5.41) is 17.5. The highest BCUT2D eigenvalue weighted by Gasteiger charge is 2.52. The lowest BCUT2D eigenvalue weighted by Gasteiger charge is -2.56. The average Bonchev–Trinajstić information content (AvgIpc) is 3.69. The summed E-state index contributed by atoms with van der Waals surface area (Å²) in [5.74, 6) is 1.93. The minimum Gasteiger partial charge on any atom is -0.463 e. The third-order valence-electron chi connectivity index (χ3n) is 11.8. The molecule has 2 heterocycles. The van der Waals surface area contributed by atoms with Crippen molar-refractivity contribution in [2.45, 2.75) is 90.1 Å². The molecule has 0 atom stereocenters. The molecule has 1 aromatic heterocycles. The maximum atomic E-state index is 13.6. The zero-order valence-corrected chi connectivity index (χ0v) is 34.7. The van der Waals surface area contributed by atoms with E-state index in [1.165, 1.54) is 44.6 Å². The maximum Gasteiger partial charge on any atom is 0.417 e. The van der Waals surface area contributed by atoms with Crippen LogP contribution in [0.2, 0.25) is 0 Å². The number of thiocarbonyl (C=S) groups is 1. The predicted octanol–water partition coefficient (Wildman–Crippen LogP) is 5.70. The second-order valence-electron chi connectivity index (χ2n) is 16.6. The first-order valence-electron chi connectivity index (χ1n) is 20.5. The molecule has 4 saturated carbocycles. The first-order chi connectivity index (χ1) is 28.3. The third kappa shape index (κ3) is 11.8. The predicted molar refractivity (Wildman–Crippen MR) is 211 cm³/mol. The number of rotatable bonds is 24. The second kappa shape index (κ2) is 20.2. The number of benzene rings is 1. The molecule has 59 heavy (non-hydrogen) atoms. The van der Waals surface area contributed by atoms with Crippen molar-refractivity contribution in [3.63, 3.8) is 0 Å². The van der Waals surface area contributed by atoms with E-state index in [2.05, 4.69) is 10.3 Å². The van der Waals surface area contributed by atoms with Gasteiger partial charge in [-0.2, -0.15) is 18.4 Å². The second-order valence-corrected chi connectivity index (χ2v) is 17.0. The van der Waals surface area contributed by atoms with E-state index in [9.17, 15) is 22.8 Å². The van der Waals surface area contributed by atoms with Crippen molar-refractivity contribution in [1.82, 2.24) is 19.9 Å². The van der Waals surface area contributed by atoms with E-state index in [0.717, 1.165) is 34.8 Å². The number of carbonyl (C=O) groups excluding carboxylic acids is 2. The number of alkyl halides is 3. The molecule has 4 bridgehead atoms. The number of nitriles is 1. The van der Waals surface area contributed by atoms with E-state index in [1.54, 1.807) is 35.7 Å². The first-order valence-corrected chi connectivity index (χ1v) is 20.9. The Morgan fingerprint density at radius 3 is 2.00 bits per heavy atom. The number of aryl methyl sites for hydroxylation is 1. The zero-order chi connectivity index (χ0) is 42.0. The highest BCUT2D eigenvalue weighted by molar-refractivity contribution is 7.80. The summed E-state index contributed by atoms with van der Waals surface area (Å²) in [4.78, 5) is 28.6. The minimum atomic E-state index is -4.77. The lowest BCUT2D eigenvalue weighted by Crippen LogP contribution is -2.47. The van der Waals surface area contributed by atoms with Crippen LogP contribution >= 0.6 is 12.2 Å². The number of anilines is 1. The van der Waals surface area contributed by atoms with Gasteiger partial charge in [-0.3, -0.25) is 19.2 Å². The maximum absolute atomic E-state index is 13.6. The van der Waals surface area contributed by atoms with Gasteiger partial charge >= 0.3 is 12.1 Å². The fraction of sp³-hybridized carbons (Fsp3) is 0.707. The highest BCUT2D eigenvalue weighted by Crippen LogP contribution is 2.61. The summed E-state index contributed by atoms with van der Waals surface area (Å²) in [6, 6.07) is 4.67. The van der Waals surface area contributed by atoms with Crippen LogP contribution in [-0.2, 0) is 57.3 Å². The molecule has 18 heteroatoms. The van der Waals surface area contributed by atoms with E-state index in [0.29, 0.717) is 91.1 Å². The lowest BCUT2D eigenvalue weighted by atomic mass is 9.49. The van der Waals surface area contributed by atoms with Gasteiger partial charge in [0.05, 0.1) is 102 Å².